The van der Waals surface area contributed by atoms with Crippen molar-refractivity contribution >= 4 is 23.3 Å². The molecule has 2 rings (SSSR count). The van der Waals surface area contributed by atoms with Crippen LogP contribution in [0.3, 0.4) is 0 Å². The largest absolute Gasteiger partial charge is 0.481 e. The first-order valence-corrected chi connectivity index (χ1v) is 7.28. The minimum atomic E-state index is -1.04. The Kier molecular flexibility index (Phi) is 4.83. The number of fused-ring (bicyclic) bond motifs is 1. The maximum atomic E-state index is 11.8. The van der Waals surface area contributed by atoms with E-state index in [9.17, 15) is 19.7 Å². The van der Waals surface area contributed by atoms with Gasteiger partial charge in [-0.1, -0.05) is 6.07 Å². The zero-order chi connectivity index (χ0) is 17.1. The van der Waals surface area contributed by atoms with Gasteiger partial charge in [0, 0.05) is 23.7 Å². The Morgan fingerprint density at radius 1 is 1.43 bits per heavy atom. The van der Waals surface area contributed by atoms with E-state index in [1.165, 1.54) is 12.1 Å². The fourth-order valence-electron chi connectivity index (χ4n) is 3.04. The molecule has 0 saturated heterocycles. The minimum Gasteiger partial charge on any atom is -0.481 e. The number of nitrogens with zero attached hydrogens (tertiary/aromatic N) is 2. The number of benzene rings is 1. The quantitative estimate of drug-likeness (QED) is 0.484. The van der Waals surface area contributed by atoms with Gasteiger partial charge in [0.15, 0.2) is 0 Å². The number of nitro groups is 1. The standard InChI is InChI=1S/C15H18N2O6/c1-3-23-14(20)8-16-9(2)10(7-13(18)19)15-11(16)5-4-6-12(15)17(21)22/h4-6,9-10H,3,7-8H2,1-2H3,(H,18,19). The highest BCUT2D eigenvalue weighted by atomic mass is 16.6. The second-order valence-corrected chi connectivity index (χ2v) is 5.34. The van der Waals surface area contributed by atoms with Crippen molar-refractivity contribution in [2.75, 3.05) is 18.1 Å². The van der Waals surface area contributed by atoms with Crippen molar-refractivity contribution in [2.24, 2.45) is 0 Å². The van der Waals surface area contributed by atoms with Gasteiger partial charge in [-0.15, -0.1) is 0 Å². The third kappa shape index (κ3) is 3.25. The number of carbonyl (C=O) groups excluding carboxylic acids is 1. The summed E-state index contributed by atoms with van der Waals surface area (Å²) in [6.45, 7) is 3.62. The van der Waals surface area contributed by atoms with Crippen LogP contribution in [0.2, 0.25) is 0 Å². The maximum Gasteiger partial charge on any atom is 0.325 e. The van der Waals surface area contributed by atoms with Crippen molar-refractivity contribution in [2.45, 2.75) is 32.2 Å². The Morgan fingerprint density at radius 2 is 2.13 bits per heavy atom. The zero-order valence-corrected chi connectivity index (χ0v) is 12.9. The van der Waals surface area contributed by atoms with Gasteiger partial charge in [0.1, 0.15) is 6.54 Å². The number of esters is 1. The number of carboxylic acids is 1. The number of anilines is 1. The lowest BCUT2D eigenvalue weighted by molar-refractivity contribution is -0.385. The molecule has 0 aromatic heterocycles. The second kappa shape index (κ2) is 6.64. The first-order valence-electron chi connectivity index (χ1n) is 7.28. The molecule has 0 spiro atoms. The molecule has 0 bridgehead atoms. The summed E-state index contributed by atoms with van der Waals surface area (Å²) in [5.74, 6) is -2.05. The molecule has 0 amide bonds. The molecule has 2 unspecified atom stereocenters. The highest BCUT2D eigenvalue weighted by molar-refractivity contribution is 5.81. The molecule has 1 aliphatic heterocycles. The van der Waals surface area contributed by atoms with Crippen LogP contribution >= 0.6 is 0 Å². The molecule has 1 heterocycles. The van der Waals surface area contributed by atoms with Gasteiger partial charge in [-0.3, -0.25) is 19.7 Å². The first-order chi connectivity index (χ1) is 10.9. The third-order valence-corrected chi connectivity index (χ3v) is 4.01. The average molecular weight is 322 g/mol. The van der Waals surface area contributed by atoms with Crippen molar-refractivity contribution in [1.29, 1.82) is 0 Å². The summed E-state index contributed by atoms with van der Waals surface area (Å²) in [5.41, 5.74) is 0.773. The lowest BCUT2D eigenvalue weighted by Gasteiger charge is -2.25. The summed E-state index contributed by atoms with van der Waals surface area (Å²) in [5, 5.41) is 20.4. The maximum absolute atomic E-state index is 11.8. The van der Waals surface area contributed by atoms with Crippen LogP contribution in [0.15, 0.2) is 18.2 Å². The van der Waals surface area contributed by atoms with Crippen molar-refractivity contribution in [3.63, 3.8) is 0 Å². The molecule has 8 heteroatoms. The van der Waals surface area contributed by atoms with Crippen molar-refractivity contribution in [3.8, 4) is 0 Å². The van der Waals surface area contributed by atoms with E-state index >= 15 is 0 Å². The Balaban J connectivity index is 2.46. The first kappa shape index (κ1) is 16.7. The minimum absolute atomic E-state index is 0.0701. The van der Waals surface area contributed by atoms with Gasteiger partial charge in [-0.05, 0) is 19.9 Å². The number of carbonyl (C=O) groups is 2. The van der Waals surface area contributed by atoms with E-state index in [1.807, 2.05) is 0 Å². The van der Waals surface area contributed by atoms with Gasteiger partial charge in [-0.25, -0.2) is 0 Å². The number of hydrogen-bond acceptors (Lipinski definition) is 6. The molecular weight excluding hydrogens is 304 g/mol. The fourth-order valence-corrected chi connectivity index (χ4v) is 3.04. The average Bonchev–Trinajstić information content (AvgIpc) is 2.72. The Labute approximate surface area is 132 Å². The van der Waals surface area contributed by atoms with E-state index in [2.05, 4.69) is 0 Å². The van der Waals surface area contributed by atoms with Crippen molar-refractivity contribution < 1.29 is 24.4 Å². The van der Waals surface area contributed by atoms with Crippen LogP contribution < -0.4 is 4.90 Å². The molecule has 0 fully saturated rings. The third-order valence-electron chi connectivity index (χ3n) is 4.01. The van der Waals surface area contributed by atoms with Crippen LogP contribution in [-0.4, -0.2) is 41.2 Å². The van der Waals surface area contributed by atoms with Crippen LogP contribution in [0, 0.1) is 10.1 Å². The Bertz CT molecular complexity index is 645. The molecule has 1 aromatic carbocycles. The number of carboxylic acid groups (broad SMARTS) is 1. The zero-order valence-electron chi connectivity index (χ0n) is 12.9. The van der Waals surface area contributed by atoms with E-state index < -0.39 is 22.8 Å². The molecule has 0 saturated carbocycles. The second-order valence-electron chi connectivity index (χ2n) is 5.34. The van der Waals surface area contributed by atoms with Gasteiger partial charge in [0.2, 0.25) is 0 Å². The molecule has 1 N–H and O–H groups in total. The molecule has 2 atom stereocenters. The predicted octanol–water partition coefficient (Wildman–Crippen LogP) is 1.92. The predicted molar refractivity (Wildman–Crippen MR) is 81.5 cm³/mol. The number of ether oxygens (including phenoxy) is 1. The lowest BCUT2D eigenvalue weighted by atomic mass is 9.91. The van der Waals surface area contributed by atoms with Crippen molar-refractivity contribution in [1.82, 2.24) is 0 Å². The van der Waals surface area contributed by atoms with E-state index in [1.54, 1.807) is 24.8 Å². The summed E-state index contributed by atoms with van der Waals surface area (Å²) in [6, 6.07) is 4.20. The summed E-state index contributed by atoms with van der Waals surface area (Å²) in [7, 11) is 0. The van der Waals surface area contributed by atoms with Crippen LogP contribution in [0.5, 0.6) is 0 Å². The summed E-state index contributed by atoms with van der Waals surface area (Å²) in [6.07, 6.45) is -0.238. The topological polar surface area (TPSA) is 110 Å². The van der Waals surface area contributed by atoms with Crippen LogP contribution in [0.4, 0.5) is 11.4 Å². The van der Waals surface area contributed by atoms with Gasteiger partial charge >= 0.3 is 11.9 Å². The molecular formula is C15H18N2O6. The van der Waals surface area contributed by atoms with Crippen LogP contribution in [0.1, 0.15) is 31.7 Å². The van der Waals surface area contributed by atoms with Crippen molar-refractivity contribution in [3.05, 3.63) is 33.9 Å². The smallest absolute Gasteiger partial charge is 0.325 e. The number of rotatable bonds is 6. The van der Waals surface area contributed by atoms with Crippen LogP contribution in [-0.2, 0) is 14.3 Å². The molecule has 124 valence electrons. The number of nitro benzene ring substituents is 1. The Morgan fingerprint density at radius 3 is 2.70 bits per heavy atom. The van der Waals surface area contributed by atoms with Gasteiger partial charge in [0.05, 0.1) is 23.5 Å². The fraction of sp³-hybridized carbons (Fsp3) is 0.467. The normalized spacial score (nSPS) is 19.3. The summed E-state index contributed by atoms with van der Waals surface area (Å²) >= 11 is 0. The SMILES string of the molecule is CCOC(=O)CN1c2cccc([N+](=O)[O-])c2C(CC(=O)O)C1C. The van der Waals surface area contributed by atoms with E-state index in [0.717, 1.165) is 0 Å². The summed E-state index contributed by atoms with van der Waals surface area (Å²) < 4.78 is 4.93. The molecule has 0 radical (unpaired) electrons. The van der Waals surface area contributed by atoms with Gasteiger partial charge in [0.25, 0.3) is 5.69 Å². The summed E-state index contributed by atoms with van der Waals surface area (Å²) in [4.78, 5) is 35.4. The van der Waals surface area contributed by atoms with E-state index in [0.29, 0.717) is 11.3 Å². The monoisotopic (exact) mass is 322 g/mol. The number of hydrogen-bond donors (Lipinski definition) is 1. The van der Waals surface area contributed by atoms with E-state index in [4.69, 9.17) is 9.84 Å². The van der Waals surface area contributed by atoms with Gasteiger partial charge in [-0.2, -0.15) is 0 Å². The lowest BCUT2D eigenvalue weighted by Crippen LogP contribution is -2.37. The highest BCUT2D eigenvalue weighted by Gasteiger charge is 2.42. The number of aliphatic carboxylic acids is 1. The molecule has 8 nitrogen and oxygen atoms in total. The molecule has 1 aliphatic rings. The molecule has 23 heavy (non-hydrogen) atoms. The van der Waals surface area contributed by atoms with Crippen LogP contribution in [0.25, 0.3) is 0 Å². The molecule has 0 aliphatic carbocycles. The molecule has 1 aromatic rings. The highest BCUT2D eigenvalue weighted by Crippen LogP contribution is 2.47. The van der Waals surface area contributed by atoms with E-state index in [-0.39, 0.29) is 31.3 Å². The Hall–Kier alpha value is -2.64. The van der Waals surface area contributed by atoms with Gasteiger partial charge < -0.3 is 14.7 Å².